The van der Waals surface area contributed by atoms with E-state index in [4.69, 9.17) is 0 Å². The molecule has 144 valence electrons. The lowest BCUT2D eigenvalue weighted by atomic mass is 9.95. The van der Waals surface area contributed by atoms with Gasteiger partial charge in [0.2, 0.25) is 0 Å². The van der Waals surface area contributed by atoms with Gasteiger partial charge in [-0.05, 0) is 62.7 Å². The maximum atomic E-state index is 9.33. The third kappa shape index (κ3) is 4.77. The Balaban J connectivity index is 1.54. The molecule has 0 aliphatic carbocycles. The highest BCUT2D eigenvalue weighted by Crippen LogP contribution is 2.31. The first kappa shape index (κ1) is 19.6. The summed E-state index contributed by atoms with van der Waals surface area (Å²) in [4.78, 5) is 9.35. The molecule has 0 spiro atoms. The van der Waals surface area contributed by atoms with Crippen LogP contribution in [-0.4, -0.2) is 55.7 Å². The summed E-state index contributed by atoms with van der Waals surface area (Å²) in [5, 5.41) is 14.1. The molecule has 0 amide bonds. The van der Waals surface area contributed by atoms with Crippen molar-refractivity contribution in [1.29, 1.82) is 5.26 Å². The molecule has 27 heavy (non-hydrogen) atoms. The summed E-state index contributed by atoms with van der Waals surface area (Å²) in [5.41, 5.74) is 2.68. The van der Waals surface area contributed by atoms with E-state index < -0.39 is 0 Å². The fraction of sp³-hybridized carbons (Fsp3) is 0.545. The minimum Gasteiger partial charge on any atom is -0.371 e. The molecule has 0 unspecified atom stereocenters. The van der Waals surface area contributed by atoms with Crippen molar-refractivity contribution in [3.05, 3.63) is 36.0 Å². The average Bonchev–Trinajstić information content (AvgIpc) is 2.73. The fourth-order valence-corrected chi connectivity index (χ4v) is 3.98. The minimum absolute atomic E-state index is 0.654. The van der Waals surface area contributed by atoms with Gasteiger partial charge in [-0.2, -0.15) is 5.26 Å². The van der Waals surface area contributed by atoms with Crippen LogP contribution >= 0.6 is 0 Å². The van der Waals surface area contributed by atoms with Crippen molar-refractivity contribution >= 4 is 16.6 Å². The molecule has 1 aromatic heterocycles. The lowest BCUT2D eigenvalue weighted by Crippen LogP contribution is -2.39. The first-order chi connectivity index (χ1) is 13.3. The van der Waals surface area contributed by atoms with E-state index in [2.05, 4.69) is 52.2 Å². The van der Waals surface area contributed by atoms with Crippen LogP contribution in [0.1, 0.15) is 32.3 Å². The maximum Gasteiger partial charge on any atom is 0.101 e. The van der Waals surface area contributed by atoms with E-state index in [0.29, 0.717) is 5.56 Å². The second kappa shape index (κ2) is 9.68. The molecule has 0 atom stereocenters. The minimum atomic E-state index is 0.654. The number of anilines is 1. The van der Waals surface area contributed by atoms with Crippen molar-refractivity contribution in [3.8, 4) is 6.07 Å². The van der Waals surface area contributed by atoms with Crippen LogP contribution < -0.4 is 10.2 Å². The number of hydrogen-bond acceptors (Lipinski definition) is 5. The van der Waals surface area contributed by atoms with Crippen LogP contribution in [0.15, 0.2) is 30.5 Å². The lowest BCUT2D eigenvalue weighted by Gasteiger charge is -2.34. The van der Waals surface area contributed by atoms with Gasteiger partial charge in [0.25, 0.3) is 0 Å². The molecular formula is C22H31N5. The Labute approximate surface area is 163 Å². The van der Waals surface area contributed by atoms with Crippen molar-refractivity contribution in [2.75, 3.05) is 50.7 Å². The lowest BCUT2D eigenvalue weighted by molar-refractivity contribution is 0.294. The molecule has 2 aromatic rings. The largest absolute Gasteiger partial charge is 0.371 e. The molecule has 0 bridgehead atoms. The smallest absolute Gasteiger partial charge is 0.101 e. The number of piperidine rings is 1. The molecule has 5 heteroatoms. The van der Waals surface area contributed by atoms with Gasteiger partial charge in [-0.3, -0.25) is 4.98 Å². The number of hydrogen-bond donors (Lipinski definition) is 1. The zero-order valence-electron chi connectivity index (χ0n) is 16.6. The molecule has 5 nitrogen and oxygen atoms in total. The molecule has 3 rings (SSSR count). The Morgan fingerprint density at radius 3 is 2.70 bits per heavy atom. The number of likely N-dealkylation sites (N-methyl/N-ethyl adjacent to an activating group) is 1. The van der Waals surface area contributed by atoms with Gasteiger partial charge in [-0.1, -0.05) is 13.8 Å². The summed E-state index contributed by atoms with van der Waals surface area (Å²) in [6.07, 6.45) is 4.18. The first-order valence-corrected chi connectivity index (χ1v) is 10.2. The van der Waals surface area contributed by atoms with E-state index in [1.165, 1.54) is 18.5 Å². The normalized spacial score (nSPS) is 15.4. The highest BCUT2D eigenvalue weighted by Gasteiger charge is 2.21. The van der Waals surface area contributed by atoms with Crippen LogP contribution in [-0.2, 0) is 0 Å². The summed E-state index contributed by atoms with van der Waals surface area (Å²) in [5.74, 6) is 0.751. The van der Waals surface area contributed by atoms with Crippen molar-refractivity contribution in [2.24, 2.45) is 5.92 Å². The number of pyridine rings is 1. The number of nitrogens with one attached hydrogen (secondary N) is 1. The van der Waals surface area contributed by atoms with Gasteiger partial charge in [-0.15, -0.1) is 0 Å². The molecule has 0 saturated carbocycles. The van der Waals surface area contributed by atoms with Gasteiger partial charge < -0.3 is 15.1 Å². The quantitative estimate of drug-likeness (QED) is 0.728. The topological polar surface area (TPSA) is 55.2 Å². The number of nitriles is 1. The van der Waals surface area contributed by atoms with E-state index in [1.807, 2.05) is 12.1 Å². The molecule has 2 heterocycles. The van der Waals surface area contributed by atoms with E-state index in [0.717, 1.165) is 62.6 Å². The van der Waals surface area contributed by atoms with Gasteiger partial charge in [0, 0.05) is 43.4 Å². The number of aromatic nitrogens is 1. The van der Waals surface area contributed by atoms with Crippen LogP contribution in [0.3, 0.4) is 0 Å². The number of fused-ring (bicyclic) bond motifs is 1. The second-order valence-electron chi connectivity index (χ2n) is 7.31. The van der Waals surface area contributed by atoms with E-state index >= 15 is 0 Å². The molecule has 1 aliphatic rings. The average molecular weight is 366 g/mol. The van der Waals surface area contributed by atoms with Gasteiger partial charge in [-0.25, -0.2) is 0 Å². The Morgan fingerprint density at radius 1 is 1.22 bits per heavy atom. The molecule has 1 aromatic carbocycles. The third-order valence-electron chi connectivity index (χ3n) is 5.75. The van der Waals surface area contributed by atoms with Crippen LogP contribution in [0.4, 0.5) is 5.69 Å². The Bertz CT molecular complexity index is 770. The summed E-state index contributed by atoms with van der Waals surface area (Å²) < 4.78 is 0. The SMILES string of the molecule is CCN(CC)CCNCC1CCN(c2ccc(C#N)c3ncccc23)CC1. The third-order valence-corrected chi connectivity index (χ3v) is 5.75. The monoisotopic (exact) mass is 365 g/mol. The van der Waals surface area contributed by atoms with Crippen molar-refractivity contribution in [2.45, 2.75) is 26.7 Å². The summed E-state index contributed by atoms with van der Waals surface area (Å²) >= 11 is 0. The van der Waals surface area contributed by atoms with Crippen molar-refractivity contribution in [3.63, 3.8) is 0 Å². The van der Waals surface area contributed by atoms with E-state index in [9.17, 15) is 5.26 Å². The number of nitrogens with zero attached hydrogens (tertiary/aromatic N) is 4. The standard InChI is InChI=1S/C22H31N5/c1-3-26(4-2)15-12-24-17-18-9-13-27(14-10-18)21-8-7-19(16-23)22-20(21)6-5-11-25-22/h5-8,11,18,24H,3-4,9-10,12-15,17H2,1-2H3. The fourth-order valence-electron chi connectivity index (χ4n) is 3.98. The number of rotatable bonds is 8. The summed E-state index contributed by atoms with van der Waals surface area (Å²) in [6, 6.07) is 10.3. The zero-order chi connectivity index (χ0) is 19.1. The summed E-state index contributed by atoms with van der Waals surface area (Å²) in [6.45, 7) is 12.2. The Hall–Kier alpha value is -2.16. The zero-order valence-corrected chi connectivity index (χ0v) is 16.6. The predicted octanol–water partition coefficient (Wildman–Crippen LogP) is 3.25. The molecular weight excluding hydrogens is 334 g/mol. The van der Waals surface area contributed by atoms with Crippen molar-refractivity contribution in [1.82, 2.24) is 15.2 Å². The van der Waals surface area contributed by atoms with Crippen LogP contribution in [0.5, 0.6) is 0 Å². The van der Waals surface area contributed by atoms with E-state index in [-0.39, 0.29) is 0 Å². The predicted molar refractivity (Wildman–Crippen MR) is 112 cm³/mol. The molecule has 1 saturated heterocycles. The number of benzene rings is 1. The second-order valence-corrected chi connectivity index (χ2v) is 7.31. The molecule has 1 N–H and O–H groups in total. The highest BCUT2D eigenvalue weighted by molar-refractivity contribution is 5.95. The first-order valence-electron chi connectivity index (χ1n) is 10.2. The van der Waals surface area contributed by atoms with Crippen LogP contribution in [0.25, 0.3) is 10.9 Å². The summed E-state index contributed by atoms with van der Waals surface area (Å²) in [7, 11) is 0. The van der Waals surface area contributed by atoms with Gasteiger partial charge >= 0.3 is 0 Å². The van der Waals surface area contributed by atoms with E-state index in [1.54, 1.807) is 6.20 Å². The maximum absolute atomic E-state index is 9.33. The van der Waals surface area contributed by atoms with Crippen LogP contribution in [0, 0.1) is 17.2 Å². The molecule has 1 aliphatic heterocycles. The van der Waals surface area contributed by atoms with Crippen LogP contribution in [0.2, 0.25) is 0 Å². The van der Waals surface area contributed by atoms with Gasteiger partial charge in [0.05, 0.1) is 11.1 Å². The van der Waals surface area contributed by atoms with Crippen molar-refractivity contribution < 1.29 is 0 Å². The molecule has 1 fully saturated rings. The van der Waals surface area contributed by atoms with Gasteiger partial charge in [0.1, 0.15) is 6.07 Å². The molecule has 0 radical (unpaired) electrons. The highest BCUT2D eigenvalue weighted by atomic mass is 15.1. The Morgan fingerprint density at radius 2 is 2.00 bits per heavy atom. The Kier molecular flexibility index (Phi) is 7.03. The van der Waals surface area contributed by atoms with Gasteiger partial charge in [0.15, 0.2) is 0 Å².